The van der Waals surface area contributed by atoms with Crippen molar-refractivity contribution in [1.82, 2.24) is 10.2 Å². The SMILES string of the molecule is C1=Nc2n[nH]c3cccc(c23)-c2ccccc21.Cl.Cl. The minimum atomic E-state index is 0. The zero-order chi connectivity index (χ0) is 11.2. The van der Waals surface area contributed by atoms with Gasteiger partial charge in [0.1, 0.15) is 0 Å². The molecule has 2 aromatic carbocycles. The molecule has 19 heavy (non-hydrogen) atoms. The first kappa shape index (κ1) is 13.6. The molecule has 3 nitrogen and oxygen atoms in total. The van der Waals surface area contributed by atoms with E-state index >= 15 is 0 Å². The average Bonchev–Trinajstić information content (AvgIpc) is 2.72. The zero-order valence-corrected chi connectivity index (χ0v) is 11.5. The van der Waals surface area contributed by atoms with E-state index in [1.54, 1.807) is 0 Å². The van der Waals surface area contributed by atoms with E-state index < -0.39 is 0 Å². The summed E-state index contributed by atoms with van der Waals surface area (Å²) in [4.78, 5) is 4.44. The second kappa shape index (κ2) is 5.03. The van der Waals surface area contributed by atoms with Crippen LogP contribution < -0.4 is 0 Å². The molecule has 0 bridgehead atoms. The molecule has 5 heteroatoms. The molecule has 1 aliphatic rings. The van der Waals surface area contributed by atoms with Crippen molar-refractivity contribution >= 4 is 47.7 Å². The van der Waals surface area contributed by atoms with E-state index in [0.717, 1.165) is 22.3 Å². The van der Waals surface area contributed by atoms with Crippen LogP contribution in [0, 0.1) is 0 Å². The zero-order valence-electron chi connectivity index (χ0n) is 9.83. The van der Waals surface area contributed by atoms with Gasteiger partial charge in [-0.3, -0.25) is 5.10 Å². The van der Waals surface area contributed by atoms with Crippen LogP contribution in [0.25, 0.3) is 22.0 Å². The van der Waals surface area contributed by atoms with Crippen molar-refractivity contribution in [1.29, 1.82) is 0 Å². The van der Waals surface area contributed by atoms with E-state index in [-0.39, 0.29) is 24.8 Å². The first-order valence-electron chi connectivity index (χ1n) is 5.54. The first-order chi connectivity index (χ1) is 8.43. The molecule has 0 unspecified atom stereocenters. The van der Waals surface area contributed by atoms with Crippen molar-refractivity contribution in [3.05, 3.63) is 48.0 Å². The number of aromatic nitrogens is 2. The Hall–Kier alpha value is -1.84. The molecular weight excluding hydrogens is 281 g/mol. The fourth-order valence-corrected chi connectivity index (χ4v) is 2.36. The minimum absolute atomic E-state index is 0. The van der Waals surface area contributed by atoms with Crippen molar-refractivity contribution in [2.24, 2.45) is 4.99 Å². The number of hydrogen-bond donors (Lipinski definition) is 1. The van der Waals surface area contributed by atoms with Crippen LogP contribution in [0.1, 0.15) is 5.56 Å². The lowest BCUT2D eigenvalue weighted by atomic mass is 9.98. The van der Waals surface area contributed by atoms with Gasteiger partial charge >= 0.3 is 0 Å². The molecule has 0 atom stereocenters. The number of hydrogen-bond acceptors (Lipinski definition) is 2. The molecule has 0 fully saturated rings. The van der Waals surface area contributed by atoms with Gasteiger partial charge in [-0.15, -0.1) is 24.8 Å². The summed E-state index contributed by atoms with van der Waals surface area (Å²) in [5.41, 5.74) is 4.57. The Morgan fingerprint density at radius 2 is 1.63 bits per heavy atom. The first-order valence-corrected chi connectivity index (χ1v) is 5.54. The number of fused-ring (bicyclic) bond motifs is 2. The van der Waals surface area contributed by atoms with Gasteiger partial charge in [-0.05, 0) is 17.2 Å². The fourth-order valence-electron chi connectivity index (χ4n) is 2.36. The van der Waals surface area contributed by atoms with Gasteiger partial charge < -0.3 is 0 Å². The maximum atomic E-state index is 4.44. The minimum Gasteiger partial charge on any atom is -0.276 e. The third-order valence-electron chi connectivity index (χ3n) is 3.15. The van der Waals surface area contributed by atoms with Gasteiger partial charge in [0, 0.05) is 11.8 Å². The van der Waals surface area contributed by atoms with Gasteiger partial charge in [-0.2, -0.15) is 5.10 Å². The van der Waals surface area contributed by atoms with Crippen LogP contribution in [0.5, 0.6) is 0 Å². The molecule has 0 amide bonds. The van der Waals surface area contributed by atoms with E-state index in [1.807, 2.05) is 24.4 Å². The summed E-state index contributed by atoms with van der Waals surface area (Å²) >= 11 is 0. The molecule has 2 heterocycles. The number of benzene rings is 2. The summed E-state index contributed by atoms with van der Waals surface area (Å²) in [7, 11) is 0. The van der Waals surface area contributed by atoms with Crippen molar-refractivity contribution in [2.45, 2.75) is 0 Å². The number of aromatic amines is 1. The molecule has 0 aliphatic carbocycles. The highest BCUT2D eigenvalue weighted by atomic mass is 35.5. The maximum Gasteiger partial charge on any atom is 0.182 e. The Kier molecular flexibility index (Phi) is 3.60. The normalized spacial score (nSPS) is 11.2. The van der Waals surface area contributed by atoms with Crippen LogP contribution in [0.4, 0.5) is 5.82 Å². The standard InChI is InChI=1S/C14H9N3.2ClH/c1-2-5-10-9(4-1)8-15-14-13-11(10)6-3-7-12(13)16-17-14;;/h1-8H,(H,16,17);2*1H. The average molecular weight is 292 g/mol. The molecule has 4 rings (SSSR count). The lowest BCUT2D eigenvalue weighted by Crippen LogP contribution is -1.85. The topological polar surface area (TPSA) is 41.0 Å². The smallest absolute Gasteiger partial charge is 0.182 e. The maximum absolute atomic E-state index is 4.44. The lowest BCUT2D eigenvalue weighted by molar-refractivity contribution is 1.11. The Bertz CT molecular complexity index is 762. The van der Waals surface area contributed by atoms with Crippen LogP contribution in [-0.2, 0) is 0 Å². The highest BCUT2D eigenvalue weighted by molar-refractivity contribution is 6.08. The van der Waals surface area contributed by atoms with E-state index in [4.69, 9.17) is 0 Å². The number of H-pyrrole nitrogens is 1. The van der Waals surface area contributed by atoms with Crippen LogP contribution in [0.15, 0.2) is 47.5 Å². The predicted octanol–water partition coefficient (Wildman–Crippen LogP) is 4.14. The molecule has 3 aromatic rings. The van der Waals surface area contributed by atoms with Gasteiger partial charge in [-0.1, -0.05) is 36.4 Å². The number of nitrogens with zero attached hydrogens (tertiary/aromatic N) is 2. The third kappa shape index (κ3) is 1.91. The molecule has 96 valence electrons. The highest BCUT2D eigenvalue weighted by Gasteiger charge is 2.15. The summed E-state index contributed by atoms with van der Waals surface area (Å²) in [6, 6.07) is 14.5. The molecule has 1 N–H and O–H groups in total. The van der Waals surface area contributed by atoms with E-state index in [1.165, 1.54) is 11.1 Å². The molecule has 0 saturated carbocycles. The van der Waals surface area contributed by atoms with Gasteiger partial charge in [-0.25, -0.2) is 4.99 Å². The van der Waals surface area contributed by atoms with Crippen molar-refractivity contribution in [3.8, 4) is 11.1 Å². The second-order valence-electron chi connectivity index (χ2n) is 4.12. The van der Waals surface area contributed by atoms with Crippen molar-refractivity contribution in [2.75, 3.05) is 0 Å². The number of nitrogens with one attached hydrogen (secondary N) is 1. The van der Waals surface area contributed by atoms with Crippen LogP contribution in [0.3, 0.4) is 0 Å². The quantitative estimate of drug-likeness (QED) is 0.520. The molecule has 0 saturated heterocycles. The number of rotatable bonds is 0. The largest absolute Gasteiger partial charge is 0.276 e. The Labute approximate surface area is 122 Å². The van der Waals surface area contributed by atoms with Crippen molar-refractivity contribution in [3.63, 3.8) is 0 Å². The molecular formula is C14H11Cl2N3. The summed E-state index contributed by atoms with van der Waals surface area (Å²) in [6.45, 7) is 0. The second-order valence-corrected chi connectivity index (χ2v) is 4.12. The van der Waals surface area contributed by atoms with Gasteiger partial charge in [0.2, 0.25) is 0 Å². The van der Waals surface area contributed by atoms with Crippen LogP contribution in [0.2, 0.25) is 0 Å². The van der Waals surface area contributed by atoms with Crippen LogP contribution >= 0.6 is 24.8 Å². The highest BCUT2D eigenvalue weighted by Crippen LogP contribution is 2.37. The Morgan fingerprint density at radius 1 is 0.842 bits per heavy atom. The molecule has 0 radical (unpaired) electrons. The van der Waals surface area contributed by atoms with Gasteiger partial charge in [0.05, 0.1) is 10.9 Å². The van der Waals surface area contributed by atoms with E-state index in [9.17, 15) is 0 Å². The number of halogens is 2. The number of aliphatic imine (C=N–C) groups is 1. The summed E-state index contributed by atoms with van der Waals surface area (Å²) in [5, 5.41) is 8.37. The molecule has 0 spiro atoms. The predicted molar refractivity (Wildman–Crippen MR) is 83.3 cm³/mol. The monoisotopic (exact) mass is 291 g/mol. The molecule has 1 aliphatic heterocycles. The third-order valence-corrected chi connectivity index (χ3v) is 3.15. The van der Waals surface area contributed by atoms with Gasteiger partial charge in [0.25, 0.3) is 0 Å². The van der Waals surface area contributed by atoms with E-state index in [0.29, 0.717) is 0 Å². The summed E-state index contributed by atoms with van der Waals surface area (Å²) < 4.78 is 0. The Balaban J connectivity index is 0.000000667. The lowest BCUT2D eigenvalue weighted by Gasteiger charge is -2.05. The van der Waals surface area contributed by atoms with Crippen LogP contribution in [-0.4, -0.2) is 16.4 Å². The molecule has 1 aromatic heterocycles. The van der Waals surface area contributed by atoms with E-state index in [2.05, 4.69) is 39.5 Å². The Morgan fingerprint density at radius 3 is 2.53 bits per heavy atom. The fraction of sp³-hybridized carbons (Fsp3) is 0. The van der Waals surface area contributed by atoms with Gasteiger partial charge in [0.15, 0.2) is 5.82 Å². The summed E-state index contributed by atoms with van der Waals surface area (Å²) in [5.74, 6) is 0.770. The van der Waals surface area contributed by atoms with Crippen molar-refractivity contribution < 1.29 is 0 Å². The summed E-state index contributed by atoms with van der Waals surface area (Å²) in [6.07, 6.45) is 1.88.